The minimum Gasteiger partial charge on any atom is -0.466 e. The number of hydrogen-bond acceptors (Lipinski definition) is 3. The van der Waals surface area contributed by atoms with Gasteiger partial charge in [-0.1, -0.05) is 37.3 Å². The van der Waals surface area contributed by atoms with E-state index in [1.807, 2.05) is 37.3 Å². The van der Waals surface area contributed by atoms with Gasteiger partial charge in [-0.15, -0.1) is 0 Å². The summed E-state index contributed by atoms with van der Waals surface area (Å²) in [6, 6.07) is 9.98. The van der Waals surface area contributed by atoms with Crippen molar-refractivity contribution in [1.82, 2.24) is 0 Å². The van der Waals surface area contributed by atoms with Gasteiger partial charge >= 0.3 is 5.97 Å². The quantitative estimate of drug-likeness (QED) is 0.770. The summed E-state index contributed by atoms with van der Waals surface area (Å²) < 4.78 is 5.03. The molecule has 1 aromatic rings. The van der Waals surface area contributed by atoms with Crippen LogP contribution in [0.15, 0.2) is 30.3 Å². The predicted octanol–water partition coefficient (Wildman–Crippen LogP) is 2.96. The summed E-state index contributed by atoms with van der Waals surface area (Å²) in [5.74, 6) is -0.765. The molecule has 2 atom stereocenters. The summed E-state index contributed by atoms with van der Waals surface area (Å²) in [5.41, 5.74) is 0.137. The highest BCUT2D eigenvalue weighted by Gasteiger charge is 2.36. The Morgan fingerprint density at radius 3 is 2.47 bits per heavy atom. The second kappa shape index (κ2) is 7.29. The maximum Gasteiger partial charge on any atom is 0.311 e. The third-order valence-electron chi connectivity index (χ3n) is 3.49. The van der Waals surface area contributed by atoms with Gasteiger partial charge in [-0.05, 0) is 38.7 Å². The fraction of sp³-hybridized carbons (Fsp3) is 0.562. The van der Waals surface area contributed by atoms with Crippen molar-refractivity contribution < 1.29 is 14.6 Å². The standard InChI is InChI=1S/C16H24O3/c1-4-14(15(17)19-5-2)16(3,18)12-11-13-9-7-6-8-10-13/h6-10,14,18H,4-5,11-12H2,1-3H3. The first-order chi connectivity index (χ1) is 9.01. The summed E-state index contributed by atoms with van der Waals surface area (Å²) in [4.78, 5) is 11.9. The van der Waals surface area contributed by atoms with Crippen LogP contribution in [-0.2, 0) is 16.0 Å². The van der Waals surface area contributed by atoms with Crippen molar-refractivity contribution in [1.29, 1.82) is 0 Å². The van der Waals surface area contributed by atoms with Gasteiger partial charge in [0.2, 0.25) is 0 Å². The minimum absolute atomic E-state index is 0.303. The molecule has 0 aromatic heterocycles. The molecule has 3 nitrogen and oxygen atoms in total. The summed E-state index contributed by atoms with van der Waals surface area (Å²) in [7, 11) is 0. The lowest BCUT2D eigenvalue weighted by atomic mass is 9.82. The second-order valence-corrected chi connectivity index (χ2v) is 5.06. The van der Waals surface area contributed by atoms with Gasteiger partial charge in [0, 0.05) is 0 Å². The molecule has 0 aliphatic carbocycles. The van der Waals surface area contributed by atoms with Gasteiger partial charge in [0.15, 0.2) is 0 Å². The minimum atomic E-state index is -1.03. The zero-order valence-electron chi connectivity index (χ0n) is 12.1. The molecule has 1 aromatic carbocycles. The van der Waals surface area contributed by atoms with Crippen molar-refractivity contribution in [3.05, 3.63) is 35.9 Å². The Hall–Kier alpha value is -1.35. The van der Waals surface area contributed by atoms with Gasteiger partial charge in [-0.2, -0.15) is 0 Å². The molecule has 0 aliphatic rings. The van der Waals surface area contributed by atoms with E-state index in [-0.39, 0.29) is 5.97 Å². The molecule has 0 heterocycles. The van der Waals surface area contributed by atoms with Crippen LogP contribution in [0.5, 0.6) is 0 Å². The zero-order chi connectivity index (χ0) is 14.3. The third-order valence-corrected chi connectivity index (χ3v) is 3.49. The number of carbonyl (C=O) groups is 1. The molecule has 2 unspecified atom stereocenters. The van der Waals surface area contributed by atoms with E-state index in [1.54, 1.807) is 13.8 Å². The number of aryl methyl sites for hydroxylation is 1. The Morgan fingerprint density at radius 2 is 1.95 bits per heavy atom. The fourth-order valence-corrected chi connectivity index (χ4v) is 2.32. The Morgan fingerprint density at radius 1 is 1.32 bits per heavy atom. The first kappa shape index (κ1) is 15.7. The summed E-state index contributed by atoms with van der Waals surface area (Å²) in [6.07, 6.45) is 1.89. The lowest BCUT2D eigenvalue weighted by Crippen LogP contribution is -2.40. The molecular weight excluding hydrogens is 240 g/mol. The summed E-state index contributed by atoms with van der Waals surface area (Å²) >= 11 is 0. The third kappa shape index (κ3) is 4.67. The maximum absolute atomic E-state index is 11.9. The van der Waals surface area contributed by atoms with Gasteiger partial charge in [-0.25, -0.2) is 0 Å². The molecule has 1 N–H and O–H groups in total. The molecule has 0 aliphatic heterocycles. The first-order valence-corrected chi connectivity index (χ1v) is 6.94. The molecule has 106 valence electrons. The molecular formula is C16H24O3. The molecule has 0 bridgehead atoms. The van der Waals surface area contributed by atoms with Gasteiger partial charge in [0.05, 0.1) is 18.1 Å². The number of benzene rings is 1. The van der Waals surface area contributed by atoms with Crippen molar-refractivity contribution >= 4 is 5.97 Å². The average molecular weight is 264 g/mol. The van der Waals surface area contributed by atoms with Crippen LogP contribution >= 0.6 is 0 Å². The number of rotatable bonds is 7. The van der Waals surface area contributed by atoms with Gasteiger partial charge < -0.3 is 9.84 Å². The van der Waals surface area contributed by atoms with Crippen molar-refractivity contribution in [3.63, 3.8) is 0 Å². The number of hydrogen-bond donors (Lipinski definition) is 1. The predicted molar refractivity (Wildman–Crippen MR) is 75.8 cm³/mol. The molecule has 0 saturated heterocycles. The van der Waals surface area contributed by atoms with Crippen LogP contribution in [0.4, 0.5) is 0 Å². The fourth-order valence-electron chi connectivity index (χ4n) is 2.32. The Bertz CT molecular complexity index is 384. The van der Waals surface area contributed by atoms with Crippen LogP contribution in [0.2, 0.25) is 0 Å². The van der Waals surface area contributed by atoms with Crippen LogP contribution in [0.25, 0.3) is 0 Å². The smallest absolute Gasteiger partial charge is 0.311 e. The molecule has 1 rings (SSSR count). The lowest BCUT2D eigenvalue weighted by molar-refractivity contribution is -0.158. The molecule has 0 amide bonds. The Kier molecular flexibility index (Phi) is 6.03. The number of esters is 1. The van der Waals surface area contributed by atoms with E-state index in [1.165, 1.54) is 5.56 Å². The highest BCUT2D eigenvalue weighted by atomic mass is 16.5. The van der Waals surface area contributed by atoms with Crippen molar-refractivity contribution in [3.8, 4) is 0 Å². The highest BCUT2D eigenvalue weighted by Crippen LogP contribution is 2.27. The van der Waals surface area contributed by atoms with Crippen LogP contribution in [0.3, 0.4) is 0 Å². The first-order valence-electron chi connectivity index (χ1n) is 6.94. The van der Waals surface area contributed by atoms with E-state index in [2.05, 4.69) is 0 Å². The van der Waals surface area contributed by atoms with Gasteiger partial charge in [0.25, 0.3) is 0 Å². The van der Waals surface area contributed by atoms with Crippen LogP contribution < -0.4 is 0 Å². The Labute approximate surface area is 115 Å². The number of carbonyl (C=O) groups excluding carboxylic acids is 1. The monoisotopic (exact) mass is 264 g/mol. The Balaban J connectivity index is 2.64. The molecule has 19 heavy (non-hydrogen) atoms. The van der Waals surface area contributed by atoms with Crippen LogP contribution in [0, 0.1) is 5.92 Å². The van der Waals surface area contributed by atoms with E-state index in [9.17, 15) is 9.90 Å². The number of ether oxygens (including phenoxy) is 1. The SMILES string of the molecule is CCOC(=O)C(CC)C(C)(O)CCc1ccccc1. The molecule has 0 radical (unpaired) electrons. The van der Waals surface area contributed by atoms with Gasteiger partial charge in [-0.3, -0.25) is 4.79 Å². The average Bonchev–Trinajstić information content (AvgIpc) is 2.38. The molecule has 0 spiro atoms. The highest BCUT2D eigenvalue weighted by molar-refractivity contribution is 5.73. The van der Waals surface area contributed by atoms with E-state index in [0.29, 0.717) is 19.4 Å². The van der Waals surface area contributed by atoms with Crippen LogP contribution in [0.1, 0.15) is 39.2 Å². The van der Waals surface area contributed by atoms with E-state index in [0.717, 1.165) is 6.42 Å². The molecule has 3 heteroatoms. The van der Waals surface area contributed by atoms with Crippen molar-refractivity contribution in [2.45, 2.75) is 45.6 Å². The van der Waals surface area contributed by atoms with E-state index < -0.39 is 11.5 Å². The van der Waals surface area contributed by atoms with Crippen molar-refractivity contribution in [2.24, 2.45) is 5.92 Å². The van der Waals surface area contributed by atoms with E-state index >= 15 is 0 Å². The van der Waals surface area contributed by atoms with Gasteiger partial charge in [0.1, 0.15) is 0 Å². The normalized spacial score (nSPS) is 15.6. The lowest BCUT2D eigenvalue weighted by Gasteiger charge is -2.30. The zero-order valence-corrected chi connectivity index (χ0v) is 12.1. The topological polar surface area (TPSA) is 46.5 Å². The summed E-state index contributed by atoms with van der Waals surface area (Å²) in [6.45, 7) is 5.76. The van der Waals surface area contributed by atoms with Crippen molar-refractivity contribution in [2.75, 3.05) is 6.61 Å². The largest absolute Gasteiger partial charge is 0.466 e. The molecule has 0 saturated carbocycles. The summed E-state index contributed by atoms with van der Waals surface area (Å²) in [5, 5.41) is 10.5. The number of aliphatic hydroxyl groups is 1. The molecule has 0 fully saturated rings. The second-order valence-electron chi connectivity index (χ2n) is 5.06. The maximum atomic E-state index is 11.9. The van der Waals surface area contributed by atoms with E-state index in [4.69, 9.17) is 4.74 Å². The van der Waals surface area contributed by atoms with Crippen LogP contribution in [-0.4, -0.2) is 23.3 Å².